The molecule has 16 heavy (non-hydrogen) atoms. The Morgan fingerprint density at radius 1 is 0.938 bits per heavy atom. The highest BCUT2D eigenvalue weighted by Gasteiger charge is 2.03. The smallest absolute Gasteiger partial charge is 0.0487 e. The molecule has 0 fully saturated rings. The van der Waals surface area contributed by atoms with Crippen LogP contribution in [-0.4, -0.2) is 0 Å². The molecule has 2 heteroatoms. The normalized spacial score (nSPS) is 10.4. The quantitative estimate of drug-likeness (QED) is 0.686. The zero-order valence-electron chi connectivity index (χ0n) is 9.00. The molecule has 0 unspecified atom stereocenters. The van der Waals surface area contributed by atoms with Gasteiger partial charge in [0, 0.05) is 15.6 Å². The second kappa shape index (κ2) is 4.90. The van der Waals surface area contributed by atoms with Gasteiger partial charge in [-0.15, -0.1) is 0 Å². The summed E-state index contributed by atoms with van der Waals surface area (Å²) in [5.41, 5.74) is 3.40. The van der Waals surface area contributed by atoms with Crippen LogP contribution < -0.4 is 0 Å². The Kier molecular flexibility index (Phi) is 3.52. The molecule has 2 aromatic rings. The Hall–Kier alpha value is -0.980. The standard InChI is InChI=1S/C14H12Cl2/c1-2-10-3-8-13(14(16)9-10)11-4-6-12(15)7-5-11/h3-9H,2H2,1H3. The maximum Gasteiger partial charge on any atom is 0.0487 e. The topological polar surface area (TPSA) is 0 Å². The maximum absolute atomic E-state index is 6.25. The van der Waals surface area contributed by atoms with Crippen LogP contribution in [0.5, 0.6) is 0 Å². The second-order valence-corrected chi connectivity index (χ2v) is 4.52. The van der Waals surface area contributed by atoms with E-state index < -0.39 is 0 Å². The lowest BCUT2D eigenvalue weighted by molar-refractivity contribution is 1.14. The van der Waals surface area contributed by atoms with Crippen molar-refractivity contribution in [2.75, 3.05) is 0 Å². The fraction of sp³-hybridized carbons (Fsp3) is 0.143. The zero-order chi connectivity index (χ0) is 11.5. The Morgan fingerprint density at radius 2 is 1.62 bits per heavy atom. The monoisotopic (exact) mass is 250 g/mol. The van der Waals surface area contributed by atoms with Gasteiger partial charge in [0.25, 0.3) is 0 Å². The molecule has 0 atom stereocenters. The fourth-order valence-corrected chi connectivity index (χ4v) is 2.08. The highest BCUT2D eigenvalue weighted by molar-refractivity contribution is 6.33. The SMILES string of the molecule is CCc1ccc(-c2ccc(Cl)cc2)c(Cl)c1. The molecule has 0 heterocycles. The van der Waals surface area contributed by atoms with Gasteiger partial charge in [0.1, 0.15) is 0 Å². The summed E-state index contributed by atoms with van der Waals surface area (Å²) in [6.07, 6.45) is 1.00. The van der Waals surface area contributed by atoms with Crippen LogP contribution in [0.15, 0.2) is 42.5 Å². The van der Waals surface area contributed by atoms with Crippen LogP contribution in [0.2, 0.25) is 10.0 Å². The minimum Gasteiger partial charge on any atom is -0.0843 e. The molecular weight excluding hydrogens is 239 g/mol. The second-order valence-electron chi connectivity index (χ2n) is 3.67. The average Bonchev–Trinajstić information content (AvgIpc) is 2.30. The number of aryl methyl sites for hydroxylation is 1. The van der Waals surface area contributed by atoms with Gasteiger partial charge >= 0.3 is 0 Å². The molecule has 0 aliphatic heterocycles. The summed E-state index contributed by atoms with van der Waals surface area (Å²) in [6.45, 7) is 2.12. The van der Waals surface area contributed by atoms with Crippen molar-refractivity contribution in [3.63, 3.8) is 0 Å². The predicted octanol–water partition coefficient (Wildman–Crippen LogP) is 5.22. The van der Waals surface area contributed by atoms with Gasteiger partial charge in [0.2, 0.25) is 0 Å². The van der Waals surface area contributed by atoms with Crippen molar-refractivity contribution < 1.29 is 0 Å². The van der Waals surface area contributed by atoms with Crippen LogP contribution >= 0.6 is 23.2 Å². The zero-order valence-corrected chi connectivity index (χ0v) is 10.5. The molecule has 0 saturated heterocycles. The first-order valence-corrected chi connectivity index (χ1v) is 6.00. The van der Waals surface area contributed by atoms with Crippen LogP contribution in [0.25, 0.3) is 11.1 Å². The summed E-state index contributed by atoms with van der Waals surface area (Å²) >= 11 is 12.1. The number of rotatable bonds is 2. The summed E-state index contributed by atoms with van der Waals surface area (Å²) in [5, 5.41) is 1.53. The summed E-state index contributed by atoms with van der Waals surface area (Å²) in [7, 11) is 0. The molecule has 0 spiro atoms. The highest BCUT2D eigenvalue weighted by atomic mass is 35.5. The molecule has 0 nitrogen and oxygen atoms in total. The van der Waals surface area contributed by atoms with Gasteiger partial charge in [-0.1, -0.05) is 54.4 Å². The lowest BCUT2D eigenvalue weighted by atomic mass is 10.0. The summed E-state index contributed by atoms with van der Waals surface area (Å²) in [4.78, 5) is 0. The van der Waals surface area contributed by atoms with Crippen molar-refractivity contribution in [3.05, 3.63) is 58.1 Å². The van der Waals surface area contributed by atoms with Crippen molar-refractivity contribution in [2.24, 2.45) is 0 Å². The van der Waals surface area contributed by atoms with Crippen LogP contribution in [-0.2, 0) is 6.42 Å². The third-order valence-corrected chi connectivity index (χ3v) is 3.16. The van der Waals surface area contributed by atoms with E-state index in [0.717, 1.165) is 27.6 Å². The molecular formula is C14H12Cl2. The number of hydrogen-bond donors (Lipinski definition) is 0. The molecule has 0 amide bonds. The van der Waals surface area contributed by atoms with Crippen LogP contribution in [0, 0.1) is 0 Å². The van der Waals surface area contributed by atoms with Crippen molar-refractivity contribution in [1.29, 1.82) is 0 Å². The van der Waals surface area contributed by atoms with Gasteiger partial charge in [-0.25, -0.2) is 0 Å². The van der Waals surface area contributed by atoms with Gasteiger partial charge in [-0.2, -0.15) is 0 Å². The van der Waals surface area contributed by atoms with Crippen molar-refractivity contribution in [2.45, 2.75) is 13.3 Å². The minimum atomic E-state index is 0.741. The van der Waals surface area contributed by atoms with E-state index in [1.807, 2.05) is 30.3 Å². The first-order valence-electron chi connectivity index (χ1n) is 5.25. The molecule has 82 valence electrons. The Morgan fingerprint density at radius 3 is 2.19 bits per heavy atom. The van der Waals surface area contributed by atoms with Gasteiger partial charge in [0.05, 0.1) is 0 Å². The van der Waals surface area contributed by atoms with Gasteiger partial charge < -0.3 is 0 Å². The van der Waals surface area contributed by atoms with E-state index in [4.69, 9.17) is 23.2 Å². The minimum absolute atomic E-state index is 0.741. The summed E-state index contributed by atoms with van der Waals surface area (Å²) in [5.74, 6) is 0. The van der Waals surface area contributed by atoms with Crippen molar-refractivity contribution in [1.82, 2.24) is 0 Å². The van der Waals surface area contributed by atoms with Crippen LogP contribution in [0.4, 0.5) is 0 Å². The molecule has 0 saturated carbocycles. The van der Waals surface area contributed by atoms with E-state index in [1.54, 1.807) is 0 Å². The molecule has 0 radical (unpaired) electrons. The molecule has 0 N–H and O–H groups in total. The molecule has 0 aliphatic carbocycles. The lowest BCUT2D eigenvalue weighted by Crippen LogP contribution is -1.83. The maximum atomic E-state index is 6.25. The number of halogens is 2. The number of benzene rings is 2. The Bertz CT molecular complexity index is 487. The van der Waals surface area contributed by atoms with Crippen molar-refractivity contribution in [3.8, 4) is 11.1 Å². The molecule has 0 aromatic heterocycles. The largest absolute Gasteiger partial charge is 0.0843 e. The van der Waals surface area contributed by atoms with E-state index in [1.165, 1.54) is 5.56 Å². The number of hydrogen-bond acceptors (Lipinski definition) is 0. The van der Waals surface area contributed by atoms with E-state index >= 15 is 0 Å². The van der Waals surface area contributed by atoms with Gasteiger partial charge in [0.15, 0.2) is 0 Å². The van der Waals surface area contributed by atoms with Gasteiger partial charge in [-0.05, 0) is 35.7 Å². The first-order chi connectivity index (χ1) is 7.70. The van der Waals surface area contributed by atoms with Crippen LogP contribution in [0.1, 0.15) is 12.5 Å². The average molecular weight is 251 g/mol. The summed E-state index contributed by atoms with van der Waals surface area (Å²) < 4.78 is 0. The highest BCUT2D eigenvalue weighted by Crippen LogP contribution is 2.29. The van der Waals surface area contributed by atoms with Crippen molar-refractivity contribution >= 4 is 23.2 Å². The Labute approximate surface area is 106 Å². The van der Waals surface area contributed by atoms with Gasteiger partial charge in [-0.3, -0.25) is 0 Å². The lowest BCUT2D eigenvalue weighted by Gasteiger charge is -2.06. The van der Waals surface area contributed by atoms with E-state index in [2.05, 4.69) is 19.1 Å². The van der Waals surface area contributed by atoms with E-state index in [-0.39, 0.29) is 0 Å². The molecule has 2 rings (SSSR count). The van der Waals surface area contributed by atoms with E-state index in [0.29, 0.717) is 0 Å². The molecule has 0 bridgehead atoms. The Balaban J connectivity index is 2.44. The first kappa shape index (κ1) is 11.5. The van der Waals surface area contributed by atoms with E-state index in [9.17, 15) is 0 Å². The molecule has 2 aromatic carbocycles. The fourth-order valence-electron chi connectivity index (χ4n) is 1.64. The third-order valence-electron chi connectivity index (χ3n) is 2.60. The third kappa shape index (κ3) is 2.40. The summed E-state index contributed by atoms with van der Waals surface area (Å²) in [6, 6.07) is 13.9. The molecule has 0 aliphatic rings. The predicted molar refractivity (Wildman–Crippen MR) is 71.3 cm³/mol. The van der Waals surface area contributed by atoms with Crippen LogP contribution in [0.3, 0.4) is 0 Å².